The maximum atomic E-state index is 13.3. The monoisotopic (exact) mass is 297 g/mol. The lowest BCUT2D eigenvalue weighted by molar-refractivity contribution is -0.139. The van der Waals surface area contributed by atoms with Gasteiger partial charge in [-0.25, -0.2) is 4.39 Å². The second kappa shape index (κ2) is 6.16. The van der Waals surface area contributed by atoms with E-state index in [2.05, 4.69) is 5.32 Å². The molecule has 0 saturated heterocycles. The predicted octanol–water partition coefficient (Wildman–Crippen LogP) is 5.41. The summed E-state index contributed by atoms with van der Waals surface area (Å²) in [5, 5.41) is 3.02. The van der Waals surface area contributed by atoms with Gasteiger partial charge in [-0.05, 0) is 30.2 Å². The van der Waals surface area contributed by atoms with E-state index in [1.54, 1.807) is 0 Å². The third-order valence-electron chi connectivity index (χ3n) is 3.22. The molecular formula is C16H15F4N. The molecule has 5 heteroatoms. The fourth-order valence-corrected chi connectivity index (χ4v) is 2.14. The number of hydrogen-bond donors (Lipinski definition) is 1. The summed E-state index contributed by atoms with van der Waals surface area (Å²) in [7, 11) is 0. The molecular weight excluding hydrogens is 282 g/mol. The van der Waals surface area contributed by atoms with Crippen molar-refractivity contribution in [2.45, 2.75) is 25.6 Å². The van der Waals surface area contributed by atoms with Crippen molar-refractivity contribution in [3.05, 3.63) is 65.5 Å². The van der Waals surface area contributed by atoms with Crippen molar-refractivity contribution < 1.29 is 17.6 Å². The second-order valence-corrected chi connectivity index (χ2v) is 4.71. The van der Waals surface area contributed by atoms with Gasteiger partial charge >= 0.3 is 6.18 Å². The van der Waals surface area contributed by atoms with E-state index in [4.69, 9.17) is 0 Å². The average Bonchev–Trinajstić information content (AvgIpc) is 2.46. The van der Waals surface area contributed by atoms with E-state index in [-0.39, 0.29) is 11.7 Å². The van der Waals surface area contributed by atoms with Crippen LogP contribution in [0.1, 0.15) is 30.5 Å². The Morgan fingerprint density at radius 3 is 2.29 bits per heavy atom. The van der Waals surface area contributed by atoms with Crippen molar-refractivity contribution in [1.29, 1.82) is 0 Å². The summed E-state index contributed by atoms with van der Waals surface area (Å²) in [6.45, 7) is 1.93. The summed E-state index contributed by atoms with van der Waals surface area (Å²) >= 11 is 0. The largest absolute Gasteiger partial charge is 0.419 e. The maximum Gasteiger partial charge on any atom is 0.419 e. The zero-order valence-electron chi connectivity index (χ0n) is 11.4. The van der Waals surface area contributed by atoms with E-state index in [0.717, 1.165) is 17.7 Å². The van der Waals surface area contributed by atoms with Crippen LogP contribution < -0.4 is 5.32 Å². The highest BCUT2D eigenvalue weighted by Crippen LogP contribution is 2.34. The van der Waals surface area contributed by atoms with Crippen molar-refractivity contribution in [2.75, 3.05) is 5.32 Å². The van der Waals surface area contributed by atoms with Gasteiger partial charge in [0.25, 0.3) is 0 Å². The molecule has 0 aliphatic rings. The van der Waals surface area contributed by atoms with Crippen LogP contribution in [-0.4, -0.2) is 0 Å². The van der Waals surface area contributed by atoms with Gasteiger partial charge in [-0.3, -0.25) is 0 Å². The molecule has 2 aromatic rings. The van der Waals surface area contributed by atoms with Crippen LogP contribution in [0.15, 0.2) is 48.5 Å². The van der Waals surface area contributed by atoms with Crippen molar-refractivity contribution in [2.24, 2.45) is 0 Å². The summed E-state index contributed by atoms with van der Waals surface area (Å²) in [5.74, 6) is -1.26. The third kappa shape index (κ3) is 3.74. The molecule has 0 aliphatic carbocycles. The van der Waals surface area contributed by atoms with Crippen LogP contribution in [0.3, 0.4) is 0 Å². The van der Waals surface area contributed by atoms with Gasteiger partial charge < -0.3 is 5.32 Å². The maximum absolute atomic E-state index is 13.3. The van der Waals surface area contributed by atoms with Gasteiger partial charge in [-0.15, -0.1) is 0 Å². The Balaban J connectivity index is 2.27. The summed E-state index contributed by atoms with van der Waals surface area (Å²) in [5.41, 5.74) is -0.0345. The number of halogens is 4. The zero-order valence-corrected chi connectivity index (χ0v) is 11.4. The van der Waals surface area contributed by atoms with E-state index >= 15 is 0 Å². The molecule has 112 valence electrons. The topological polar surface area (TPSA) is 12.0 Å². The van der Waals surface area contributed by atoms with Gasteiger partial charge in [0.05, 0.1) is 11.6 Å². The first-order chi connectivity index (χ1) is 9.91. The van der Waals surface area contributed by atoms with Gasteiger partial charge in [-0.1, -0.05) is 37.3 Å². The quantitative estimate of drug-likeness (QED) is 0.744. The first-order valence-corrected chi connectivity index (χ1v) is 6.60. The summed E-state index contributed by atoms with van der Waals surface area (Å²) < 4.78 is 51.4. The van der Waals surface area contributed by atoms with E-state index in [0.29, 0.717) is 6.42 Å². The molecule has 1 unspecified atom stereocenters. The molecule has 0 aromatic heterocycles. The van der Waals surface area contributed by atoms with Gasteiger partial charge in [0.15, 0.2) is 0 Å². The number of benzene rings is 2. The van der Waals surface area contributed by atoms with Gasteiger partial charge in [0.1, 0.15) is 5.82 Å². The van der Waals surface area contributed by atoms with Crippen molar-refractivity contribution in [3.63, 3.8) is 0 Å². The van der Waals surface area contributed by atoms with Crippen LogP contribution in [0.4, 0.5) is 23.2 Å². The van der Waals surface area contributed by atoms with Crippen molar-refractivity contribution in [3.8, 4) is 0 Å². The Bertz CT molecular complexity index is 593. The fourth-order valence-electron chi connectivity index (χ4n) is 2.14. The molecule has 0 fully saturated rings. The lowest BCUT2D eigenvalue weighted by Gasteiger charge is -2.20. The number of hydrogen-bond acceptors (Lipinski definition) is 1. The third-order valence-corrected chi connectivity index (χ3v) is 3.22. The Morgan fingerprint density at radius 1 is 1.05 bits per heavy atom. The molecule has 1 nitrogen and oxygen atoms in total. The predicted molar refractivity (Wildman–Crippen MR) is 74.5 cm³/mol. The van der Waals surface area contributed by atoms with Gasteiger partial charge in [-0.2, -0.15) is 13.2 Å². The fraction of sp³-hybridized carbons (Fsp3) is 0.250. The minimum Gasteiger partial charge on any atom is -0.378 e. The van der Waals surface area contributed by atoms with Crippen LogP contribution in [0.5, 0.6) is 0 Å². The van der Waals surface area contributed by atoms with Crippen LogP contribution in [-0.2, 0) is 6.18 Å². The first kappa shape index (κ1) is 15.4. The molecule has 0 radical (unpaired) electrons. The van der Waals surface area contributed by atoms with Crippen LogP contribution in [0.2, 0.25) is 0 Å². The highest BCUT2D eigenvalue weighted by Gasteiger charge is 2.34. The Labute approximate surface area is 120 Å². The van der Waals surface area contributed by atoms with E-state index in [1.807, 2.05) is 37.3 Å². The van der Waals surface area contributed by atoms with Crippen molar-refractivity contribution >= 4 is 5.69 Å². The summed E-state index contributed by atoms with van der Waals surface area (Å²) in [6.07, 6.45) is -4.00. The first-order valence-electron chi connectivity index (χ1n) is 6.60. The summed E-state index contributed by atoms with van der Waals surface area (Å²) in [6, 6.07) is 12.2. The molecule has 2 aromatic carbocycles. The SMILES string of the molecule is CCC(Nc1ccc(F)c(C(F)(F)F)c1)c1ccccc1. The Hall–Kier alpha value is -2.04. The highest BCUT2D eigenvalue weighted by atomic mass is 19.4. The van der Waals surface area contributed by atoms with Crippen LogP contribution >= 0.6 is 0 Å². The van der Waals surface area contributed by atoms with Gasteiger partial charge in [0.2, 0.25) is 0 Å². The lowest BCUT2D eigenvalue weighted by atomic mass is 10.0. The molecule has 0 saturated carbocycles. The van der Waals surface area contributed by atoms with E-state index in [1.165, 1.54) is 6.07 Å². The molecule has 1 atom stereocenters. The molecule has 0 spiro atoms. The molecule has 0 bridgehead atoms. The number of anilines is 1. The van der Waals surface area contributed by atoms with Crippen molar-refractivity contribution in [1.82, 2.24) is 0 Å². The Kier molecular flexibility index (Phi) is 4.50. The smallest absolute Gasteiger partial charge is 0.378 e. The minimum atomic E-state index is -4.70. The lowest BCUT2D eigenvalue weighted by Crippen LogP contribution is -2.12. The van der Waals surface area contributed by atoms with E-state index < -0.39 is 17.6 Å². The van der Waals surface area contributed by atoms with Crippen LogP contribution in [0.25, 0.3) is 0 Å². The molecule has 21 heavy (non-hydrogen) atoms. The number of alkyl halides is 3. The molecule has 0 amide bonds. The summed E-state index contributed by atoms with van der Waals surface area (Å²) in [4.78, 5) is 0. The van der Waals surface area contributed by atoms with Crippen LogP contribution in [0, 0.1) is 5.82 Å². The van der Waals surface area contributed by atoms with Gasteiger partial charge in [0, 0.05) is 5.69 Å². The molecule has 2 rings (SSSR count). The highest BCUT2D eigenvalue weighted by molar-refractivity contribution is 5.49. The standard InChI is InChI=1S/C16H15F4N/c1-2-15(11-6-4-3-5-7-11)21-12-8-9-14(17)13(10-12)16(18,19)20/h3-10,15,21H,2H2,1H3. The van der Waals surface area contributed by atoms with E-state index in [9.17, 15) is 17.6 Å². The number of rotatable bonds is 4. The Morgan fingerprint density at radius 2 is 1.71 bits per heavy atom. The molecule has 1 N–H and O–H groups in total. The number of nitrogens with one attached hydrogen (secondary N) is 1. The zero-order chi connectivity index (χ0) is 15.5. The average molecular weight is 297 g/mol. The normalized spacial score (nSPS) is 13.0. The second-order valence-electron chi connectivity index (χ2n) is 4.71. The minimum absolute atomic E-state index is 0.127. The molecule has 0 heterocycles. The molecule has 0 aliphatic heterocycles.